The van der Waals surface area contributed by atoms with Gasteiger partial charge in [0.05, 0.1) is 5.60 Å². The van der Waals surface area contributed by atoms with Gasteiger partial charge in [0.1, 0.15) is 11.7 Å². The fraction of sp³-hybridized carbons (Fsp3) is 0.850. The maximum Gasteiger partial charge on any atom is 0.419 e. The van der Waals surface area contributed by atoms with Crippen LogP contribution in [-0.2, 0) is 14.3 Å². The molecule has 158 valence electrons. The van der Waals surface area contributed by atoms with Crippen LogP contribution in [0, 0.1) is 5.92 Å². The van der Waals surface area contributed by atoms with Crippen molar-refractivity contribution in [3.05, 3.63) is 12.2 Å². The number of aliphatic hydroxyl groups is 1. The normalized spacial score (nSPS) is 24.7. The minimum absolute atomic E-state index is 0.0191. The Labute approximate surface area is 160 Å². The molecule has 0 aliphatic heterocycles. The third kappa shape index (κ3) is 5.70. The van der Waals surface area contributed by atoms with Gasteiger partial charge in [-0.2, -0.15) is 13.2 Å². The number of carbonyl (C=O) groups excluding carboxylic acids is 1. The van der Waals surface area contributed by atoms with Crippen LogP contribution in [0.5, 0.6) is 0 Å². The molecule has 1 aliphatic carbocycles. The van der Waals surface area contributed by atoms with Gasteiger partial charge in [-0.1, -0.05) is 6.58 Å². The van der Waals surface area contributed by atoms with Crippen molar-refractivity contribution in [1.82, 2.24) is 0 Å². The van der Waals surface area contributed by atoms with Crippen molar-refractivity contribution < 1.29 is 32.5 Å². The number of rotatable bonds is 6. The van der Waals surface area contributed by atoms with Gasteiger partial charge in [0.15, 0.2) is 5.60 Å². The zero-order chi connectivity index (χ0) is 21.3. The Morgan fingerprint density at radius 3 is 2.07 bits per heavy atom. The second kappa shape index (κ2) is 8.11. The van der Waals surface area contributed by atoms with Gasteiger partial charge in [-0.15, -0.1) is 0 Å². The standard InChI is InChI=1S/C20H33F3O4/c1-13(2)16(24)26-15-10-8-9-14(11-12-15)17(3,4)27-18(5,6)19(7,25)20(21,22)23/h14-15,25H,1,8-12H2,2-7H3. The second-order valence-corrected chi connectivity index (χ2v) is 8.80. The summed E-state index contributed by atoms with van der Waals surface area (Å²) in [5.41, 5.74) is -5.35. The summed E-state index contributed by atoms with van der Waals surface area (Å²) in [5.74, 6) is -0.439. The van der Waals surface area contributed by atoms with E-state index in [-0.39, 0.29) is 12.0 Å². The van der Waals surface area contributed by atoms with E-state index >= 15 is 0 Å². The van der Waals surface area contributed by atoms with E-state index in [0.717, 1.165) is 19.8 Å². The predicted octanol–water partition coefficient (Wildman–Crippen LogP) is 4.94. The van der Waals surface area contributed by atoms with Crippen LogP contribution in [0.15, 0.2) is 12.2 Å². The van der Waals surface area contributed by atoms with Crippen LogP contribution >= 0.6 is 0 Å². The van der Waals surface area contributed by atoms with Crippen molar-refractivity contribution in [3.8, 4) is 0 Å². The highest BCUT2D eigenvalue weighted by Crippen LogP contribution is 2.45. The highest BCUT2D eigenvalue weighted by molar-refractivity contribution is 5.87. The van der Waals surface area contributed by atoms with Crippen molar-refractivity contribution in [1.29, 1.82) is 0 Å². The highest BCUT2D eigenvalue weighted by atomic mass is 19.4. The molecule has 0 bridgehead atoms. The molecular formula is C20H33F3O4. The molecule has 27 heavy (non-hydrogen) atoms. The third-order valence-corrected chi connectivity index (χ3v) is 5.76. The lowest BCUT2D eigenvalue weighted by atomic mass is 9.81. The first-order valence-electron chi connectivity index (χ1n) is 9.37. The number of ether oxygens (including phenoxy) is 2. The van der Waals surface area contributed by atoms with Gasteiger partial charge in [-0.05, 0) is 79.6 Å². The molecule has 0 aromatic rings. The van der Waals surface area contributed by atoms with E-state index in [1.807, 2.05) is 0 Å². The van der Waals surface area contributed by atoms with E-state index in [4.69, 9.17) is 9.47 Å². The first kappa shape index (κ1) is 24.0. The van der Waals surface area contributed by atoms with E-state index in [0.29, 0.717) is 24.8 Å². The summed E-state index contributed by atoms with van der Waals surface area (Å²) in [7, 11) is 0. The Morgan fingerprint density at radius 1 is 1.04 bits per heavy atom. The number of hydrogen-bond donors (Lipinski definition) is 1. The van der Waals surface area contributed by atoms with Crippen molar-refractivity contribution >= 4 is 5.97 Å². The van der Waals surface area contributed by atoms with Gasteiger partial charge in [-0.3, -0.25) is 0 Å². The predicted molar refractivity (Wildman–Crippen MR) is 97.2 cm³/mol. The molecule has 0 aromatic heterocycles. The smallest absolute Gasteiger partial charge is 0.419 e. The Bertz CT molecular complexity index is 550. The van der Waals surface area contributed by atoms with Crippen molar-refractivity contribution in [2.75, 3.05) is 0 Å². The Morgan fingerprint density at radius 2 is 1.59 bits per heavy atom. The Balaban J connectivity index is 2.83. The number of alkyl halides is 3. The summed E-state index contributed by atoms with van der Waals surface area (Å²) in [6, 6.07) is 0. The molecule has 1 saturated carbocycles. The van der Waals surface area contributed by atoms with Gasteiger partial charge < -0.3 is 14.6 Å². The van der Waals surface area contributed by atoms with Crippen LogP contribution in [0.4, 0.5) is 13.2 Å². The summed E-state index contributed by atoms with van der Waals surface area (Å²) < 4.78 is 51.1. The summed E-state index contributed by atoms with van der Waals surface area (Å²) in [6.45, 7) is 11.9. The zero-order valence-electron chi connectivity index (χ0n) is 17.2. The molecule has 0 aromatic carbocycles. The molecule has 1 aliphatic rings. The number of carbonyl (C=O) groups is 1. The lowest BCUT2D eigenvalue weighted by Crippen LogP contribution is -2.62. The number of halogens is 3. The van der Waals surface area contributed by atoms with E-state index in [1.54, 1.807) is 20.8 Å². The van der Waals surface area contributed by atoms with Crippen LogP contribution in [0.1, 0.15) is 73.6 Å². The average molecular weight is 394 g/mol. The minimum Gasteiger partial charge on any atom is -0.459 e. The quantitative estimate of drug-likeness (QED) is 0.394. The molecule has 0 radical (unpaired) electrons. The Kier molecular flexibility index (Phi) is 7.20. The monoisotopic (exact) mass is 394 g/mol. The summed E-state index contributed by atoms with van der Waals surface area (Å²) in [5, 5.41) is 10.1. The zero-order valence-corrected chi connectivity index (χ0v) is 17.2. The molecular weight excluding hydrogens is 361 g/mol. The van der Waals surface area contributed by atoms with Crippen molar-refractivity contribution in [2.45, 2.75) is 103 Å². The van der Waals surface area contributed by atoms with E-state index in [9.17, 15) is 23.1 Å². The maximum atomic E-state index is 13.3. The molecule has 4 nitrogen and oxygen atoms in total. The lowest BCUT2D eigenvalue weighted by molar-refractivity contribution is -0.330. The Hall–Kier alpha value is -1.08. The molecule has 0 amide bonds. The van der Waals surface area contributed by atoms with Crippen molar-refractivity contribution in [3.63, 3.8) is 0 Å². The van der Waals surface area contributed by atoms with E-state index in [2.05, 4.69) is 6.58 Å². The van der Waals surface area contributed by atoms with Gasteiger partial charge in [0.2, 0.25) is 0 Å². The molecule has 3 atom stereocenters. The SMILES string of the molecule is C=C(C)C(=O)OC1CCCC(C(C)(C)OC(C)(C)C(C)(O)C(F)(F)F)CC1. The maximum absolute atomic E-state index is 13.3. The topological polar surface area (TPSA) is 55.8 Å². The van der Waals surface area contributed by atoms with E-state index in [1.165, 1.54) is 13.8 Å². The van der Waals surface area contributed by atoms with Gasteiger partial charge in [-0.25, -0.2) is 4.79 Å². The molecule has 1 N–H and O–H groups in total. The third-order valence-electron chi connectivity index (χ3n) is 5.76. The van der Waals surface area contributed by atoms with Crippen LogP contribution < -0.4 is 0 Å². The second-order valence-electron chi connectivity index (χ2n) is 8.80. The molecule has 1 rings (SSSR count). The van der Waals surface area contributed by atoms with Crippen molar-refractivity contribution in [2.24, 2.45) is 5.92 Å². The molecule has 7 heteroatoms. The minimum atomic E-state index is -4.81. The largest absolute Gasteiger partial charge is 0.459 e. The first-order chi connectivity index (χ1) is 12.0. The molecule has 0 heterocycles. The number of esters is 1. The molecule has 1 fully saturated rings. The highest BCUT2D eigenvalue weighted by Gasteiger charge is 2.61. The fourth-order valence-corrected chi connectivity index (χ4v) is 3.51. The van der Waals surface area contributed by atoms with Crippen LogP contribution in [0.2, 0.25) is 0 Å². The lowest BCUT2D eigenvalue weighted by Gasteiger charge is -2.47. The summed E-state index contributed by atoms with van der Waals surface area (Å²) in [4.78, 5) is 11.7. The molecule has 3 unspecified atom stereocenters. The van der Waals surface area contributed by atoms with Crippen LogP contribution in [0.25, 0.3) is 0 Å². The van der Waals surface area contributed by atoms with E-state index < -0.39 is 28.9 Å². The van der Waals surface area contributed by atoms with Crippen LogP contribution in [0.3, 0.4) is 0 Å². The summed E-state index contributed by atoms with van der Waals surface area (Å²) in [6.07, 6.45) is -1.52. The first-order valence-corrected chi connectivity index (χ1v) is 9.37. The molecule has 0 spiro atoms. The molecule has 0 saturated heterocycles. The average Bonchev–Trinajstić information content (AvgIpc) is 2.70. The fourth-order valence-electron chi connectivity index (χ4n) is 3.51. The summed E-state index contributed by atoms with van der Waals surface area (Å²) >= 11 is 0. The van der Waals surface area contributed by atoms with Gasteiger partial charge >= 0.3 is 12.1 Å². The van der Waals surface area contributed by atoms with Gasteiger partial charge in [0.25, 0.3) is 0 Å². The number of hydrogen-bond acceptors (Lipinski definition) is 4. The van der Waals surface area contributed by atoms with Gasteiger partial charge in [0, 0.05) is 5.57 Å². The van der Waals surface area contributed by atoms with Crippen LogP contribution in [-0.4, -0.2) is 40.2 Å².